The van der Waals surface area contributed by atoms with E-state index in [1.807, 2.05) is 67.8 Å². The van der Waals surface area contributed by atoms with Crippen LogP contribution in [0.3, 0.4) is 0 Å². The average molecular weight is 391 g/mol. The van der Waals surface area contributed by atoms with Gasteiger partial charge in [0.2, 0.25) is 0 Å². The number of carbonyl (C=O) groups excluding carboxylic acids is 1. The molecule has 0 saturated heterocycles. The van der Waals surface area contributed by atoms with Gasteiger partial charge in [0.05, 0.1) is 5.56 Å². The van der Waals surface area contributed by atoms with Crippen molar-refractivity contribution in [2.75, 3.05) is 12.4 Å². The third-order valence-electron chi connectivity index (χ3n) is 3.85. The van der Waals surface area contributed by atoms with Gasteiger partial charge in [-0.1, -0.05) is 54.1 Å². The lowest BCUT2D eigenvalue weighted by molar-refractivity contribution is 0.0957. The number of carbonyl (C=O) groups is 1. The zero-order chi connectivity index (χ0) is 18.8. The summed E-state index contributed by atoms with van der Waals surface area (Å²) in [4.78, 5) is 12.0. The highest BCUT2D eigenvalue weighted by atomic mass is 35.5. The normalized spacial score (nSPS) is 13.0. The van der Waals surface area contributed by atoms with Gasteiger partial charge < -0.3 is 9.88 Å². The second kappa shape index (κ2) is 10.9. The maximum atomic E-state index is 12.0. The number of fused-ring (bicyclic) bond motifs is 1. The predicted octanol–water partition coefficient (Wildman–Crippen LogP) is 5.65. The Labute approximate surface area is 165 Å². The molecule has 2 aromatic rings. The van der Waals surface area contributed by atoms with Crippen molar-refractivity contribution in [3.63, 3.8) is 0 Å². The maximum Gasteiger partial charge on any atom is 0.253 e. The molecule has 1 aromatic heterocycles. The van der Waals surface area contributed by atoms with Gasteiger partial charge in [0, 0.05) is 47.5 Å². The molecule has 3 nitrogen and oxygen atoms in total. The molecule has 0 aliphatic heterocycles. The summed E-state index contributed by atoms with van der Waals surface area (Å²) < 4.78 is 2.10. The number of allylic oxidation sites excluding steroid dienone is 6. The van der Waals surface area contributed by atoms with E-state index in [1.54, 1.807) is 0 Å². The second-order valence-corrected chi connectivity index (χ2v) is 6.65. The summed E-state index contributed by atoms with van der Waals surface area (Å²) in [6, 6.07) is 7.96. The highest BCUT2D eigenvalue weighted by Crippen LogP contribution is 2.21. The standard InChI is InChI=1S/C14H17ClN2O.C7H7Cl/c1-2-16-14(18)12-10-17(9-5-8-15)13-7-4-3-6-11(12)13;8-7-5-3-1-2-4-6-7/h3-4,6-7,10H,2,5,8-9H2,1H3,(H,16,18);1-5H,6H2. The van der Waals surface area contributed by atoms with Crippen molar-refractivity contribution in [2.45, 2.75) is 26.3 Å². The molecule has 3 rings (SSSR count). The van der Waals surface area contributed by atoms with Crippen molar-refractivity contribution in [1.82, 2.24) is 9.88 Å². The van der Waals surface area contributed by atoms with Gasteiger partial charge in [0.1, 0.15) is 0 Å². The van der Waals surface area contributed by atoms with Crippen LogP contribution >= 0.6 is 23.2 Å². The molecule has 1 heterocycles. The fraction of sp³-hybridized carbons (Fsp3) is 0.286. The Morgan fingerprint density at radius 3 is 2.81 bits per heavy atom. The van der Waals surface area contributed by atoms with Gasteiger partial charge in [-0.25, -0.2) is 0 Å². The number of hydrogen-bond acceptors (Lipinski definition) is 1. The third kappa shape index (κ3) is 5.79. The van der Waals surface area contributed by atoms with Crippen LogP contribution in [0.25, 0.3) is 10.9 Å². The van der Waals surface area contributed by atoms with Gasteiger partial charge in [-0.3, -0.25) is 4.79 Å². The molecule has 0 saturated carbocycles. The van der Waals surface area contributed by atoms with E-state index in [-0.39, 0.29) is 5.91 Å². The van der Waals surface area contributed by atoms with Crippen molar-refractivity contribution in [3.8, 4) is 0 Å². The Morgan fingerprint density at radius 1 is 1.23 bits per heavy atom. The van der Waals surface area contributed by atoms with Crippen molar-refractivity contribution in [3.05, 3.63) is 71.4 Å². The number of aryl methyl sites for hydroxylation is 1. The monoisotopic (exact) mass is 390 g/mol. The summed E-state index contributed by atoms with van der Waals surface area (Å²) in [6.07, 6.45) is 13.5. The largest absolute Gasteiger partial charge is 0.352 e. The number of para-hydroxylation sites is 1. The number of amides is 1. The number of benzene rings is 1. The van der Waals surface area contributed by atoms with Crippen LogP contribution in [0.2, 0.25) is 0 Å². The smallest absolute Gasteiger partial charge is 0.253 e. The molecular formula is C21H24Cl2N2O. The SMILES string of the molecule is CCNC(=O)c1cn(CCCCl)c2ccccc12.ClC1=CC=CC=CC1. The van der Waals surface area contributed by atoms with Crippen LogP contribution in [0.1, 0.15) is 30.1 Å². The molecular weight excluding hydrogens is 367 g/mol. The number of alkyl halides is 1. The Kier molecular flexibility index (Phi) is 8.52. The van der Waals surface area contributed by atoms with Gasteiger partial charge in [-0.05, 0) is 25.5 Å². The van der Waals surface area contributed by atoms with Gasteiger partial charge in [-0.15, -0.1) is 11.6 Å². The van der Waals surface area contributed by atoms with E-state index in [9.17, 15) is 4.79 Å². The van der Waals surface area contributed by atoms with Crippen LogP contribution in [-0.4, -0.2) is 22.9 Å². The summed E-state index contributed by atoms with van der Waals surface area (Å²) in [5, 5.41) is 4.74. The fourth-order valence-electron chi connectivity index (χ4n) is 2.65. The number of rotatable bonds is 5. The summed E-state index contributed by atoms with van der Waals surface area (Å²) in [7, 11) is 0. The average Bonchev–Trinajstić information content (AvgIpc) is 2.85. The van der Waals surface area contributed by atoms with Crippen LogP contribution in [-0.2, 0) is 6.54 Å². The molecule has 1 aliphatic carbocycles. The number of nitrogens with zero attached hydrogens (tertiary/aromatic N) is 1. The summed E-state index contributed by atoms with van der Waals surface area (Å²) in [5.74, 6) is 0.613. The van der Waals surface area contributed by atoms with Crippen molar-refractivity contribution < 1.29 is 4.79 Å². The van der Waals surface area contributed by atoms with Crippen LogP contribution in [0.15, 0.2) is 65.9 Å². The van der Waals surface area contributed by atoms with Crippen molar-refractivity contribution in [1.29, 1.82) is 0 Å². The molecule has 0 radical (unpaired) electrons. The highest BCUT2D eigenvalue weighted by molar-refractivity contribution is 6.29. The van der Waals surface area contributed by atoms with Gasteiger partial charge in [-0.2, -0.15) is 0 Å². The Hall–Kier alpha value is -1.97. The second-order valence-electron chi connectivity index (χ2n) is 5.79. The minimum atomic E-state index is -0.0154. The molecule has 1 aromatic carbocycles. The minimum absolute atomic E-state index is 0.0154. The van der Waals surface area contributed by atoms with Crippen LogP contribution in [0, 0.1) is 0 Å². The van der Waals surface area contributed by atoms with Crippen LogP contribution in [0.5, 0.6) is 0 Å². The zero-order valence-corrected chi connectivity index (χ0v) is 16.4. The van der Waals surface area contributed by atoms with E-state index in [2.05, 4.69) is 9.88 Å². The summed E-state index contributed by atoms with van der Waals surface area (Å²) >= 11 is 11.4. The molecule has 0 unspecified atom stereocenters. The van der Waals surface area contributed by atoms with E-state index in [1.165, 1.54) is 0 Å². The third-order valence-corrected chi connectivity index (χ3v) is 4.40. The lowest BCUT2D eigenvalue weighted by Gasteiger charge is -2.02. The molecule has 0 fully saturated rings. The first-order chi connectivity index (χ1) is 12.7. The highest BCUT2D eigenvalue weighted by Gasteiger charge is 2.13. The molecule has 0 bridgehead atoms. The van der Waals surface area contributed by atoms with Crippen molar-refractivity contribution >= 4 is 40.0 Å². The molecule has 0 spiro atoms. The zero-order valence-electron chi connectivity index (χ0n) is 14.9. The Balaban J connectivity index is 0.000000254. The number of nitrogens with one attached hydrogen (secondary N) is 1. The number of aromatic nitrogens is 1. The first-order valence-electron chi connectivity index (χ1n) is 8.77. The van der Waals surface area contributed by atoms with Crippen LogP contribution < -0.4 is 5.32 Å². The lowest BCUT2D eigenvalue weighted by atomic mass is 10.1. The quantitative estimate of drug-likeness (QED) is 0.657. The Bertz CT molecular complexity index is 819. The molecule has 0 atom stereocenters. The van der Waals surface area contributed by atoms with Gasteiger partial charge in [0.15, 0.2) is 0 Å². The van der Waals surface area contributed by atoms with E-state index >= 15 is 0 Å². The van der Waals surface area contributed by atoms with Gasteiger partial charge >= 0.3 is 0 Å². The summed E-state index contributed by atoms with van der Waals surface area (Å²) in [5.41, 5.74) is 1.82. The topological polar surface area (TPSA) is 34.0 Å². The first kappa shape index (κ1) is 20.3. The molecule has 1 amide bonds. The Morgan fingerprint density at radius 2 is 2.04 bits per heavy atom. The van der Waals surface area contributed by atoms with E-state index in [4.69, 9.17) is 23.2 Å². The van der Waals surface area contributed by atoms with Crippen LogP contribution in [0.4, 0.5) is 0 Å². The maximum absolute atomic E-state index is 12.0. The molecule has 26 heavy (non-hydrogen) atoms. The lowest BCUT2D eigenvalue weighted by Crippen LogP contribution is -2.22. The number of halogens is 2. The predicted molar refractivity (Wildman–Crippen MR) is 112 cm³/mol. The molecule has 5 heteroatoms. The first-order valence-corrected chi connectivity index (χ1v) is 9.68. The fourth-order valence-corrected chi connectivity index (χ4v) is 2.93. The van der Waals surface area contributed by atoms with Gasteiger partial charge in [0.25, 0.3) is 5.91 Å². The molecule has 1 N–H and O–H groups in total. The van der Waals surface area contributed by atoms with E-state index < -0.39 is 0 Å². The molecule has 1 aliphatic rings. The van der Waals surface area contributed by atoms with E-state index in [0.29, 0.717) is 12.4 Å². The van der Waals surface area contributed by atoms with E-state index in [0.717, 1.165) is 40.9 Å². The number of hydrogen-bond donors (Lipinski definition) is 1. The minimum Gasteiger partial charge on any atom is -0.352 e. The molecule has 138 valence electrons. The summed E-state index contributed by atoms with van der Waals surface area (Å²) in [6.45, 7) is 3.40. The van der Waals surface area contributed by atoms with Crippen molar-refractivity contribution in [2.24, 2.45) is 0 Å².